The van der Waals surface area contributed by atoms with E-state index < -0.39 is 0 Å². The second kappa shape index (κ2) is 9.87. The van der Waals surface area contributed by atoms with Gasteiger partial charge in [-0.2, -0.15) is 0 Å². The molecule has 1 fully saturated rings. The molecule has 0 atom stereocenters. The number of ether oxygens (including phenoxy) is 1. The van der Waals surface area contributed by atoms with Crippen LogP contribution in [-0.2, 0) is 22.5 Å². The predicted octanol–water partition coefficient (Wildman–Crippen LogP) is 3.21. The molecule has 2 N–H and O–H groups in total. The highest BCUT2D eigenvalue weighted by Gasteiger charge is 2.18. The number of hydrogen-bond donors (Lipinski definition) is 2. The molecule has 0 unspecified atom stereocenters. The third-order valence-electron chi connectivity index (χ3n) is 4.89. The van der Waals surface area contributed by atoms with Crippen LogP contribution in [0, 0.1) is 0 Å². The number of urea groups is 1. The predicted molar refractivity (Wildman–Crippen MR) is 105 cm³/mol. The lowest BCUT2D eigenvalue weighted by Crippen LogP contribution is -2.30. The molecule has 2 amide bonds. The standard InChI is InChI=1S/C20H27N5O3/c1-2-28-19(26)12-15-8-10-16(11-9-15)23-20(27)21-13-18-24-22-14-25(18)17-6-4-3-5-7-17/h8-11,14,17H,2-7,12-13H2,1H3,(H2,21,23,27). The van der Waals surface area contributed by atoms with Crippen molar-refractivity contribution < 1.29 is 14.3 Å². The zero-order chi connectivity index (χ0) is 19.8. The summed E-state index contributed by atoms with van der Waals surface area (Å²) in [6, 6.07) is 7.24. The van der Waals surface area contributed by atoms with Crippen LogP contribution in [0.5, 0.6) is 0 Å². The van der Waals surface area contributed by atoms with Gasteiger partial charge in [-0.15, -0.1) is 10.2 Å². The van der Waals surface area contributed by atoms with Gasteiger partial charge >= 0.3 is 12.0 Å². The van der Waals surface area contributed by atoms with Crippen LogP contribution in [0.15, 0.2) is 30.6 Å². The van der Waals surface area contributed by atoms with Crippen molar-refractivity contribution in [2.24, 2.45) is 0 Å². The number of rotatable bonds is 7. The van der Waals surface area contributed by atoms with Gasteiger partial charge < -0.3 is 19.9 Å². The number of carbonyl (C=O) groups excluding carboxylic acids is 2. The maximum Gasteiger partial charge on any atom is 0.319 e. The van der Waals surface area contributed by atoms with Crippen molar-refractivity contribution in [2.45, 2.75) is 58.0 Å². The molecule has 1 heterocycles. The molecule has 0 saturated heterocycles. The van der Waals surface area contributed by atoms with Gasteiger partial charge in [0.1, 0.15) is 6.33 Å². The number of carbonyl (C=O) groups is 2. The third-order valence-corrected chi connectivity index (χ3v) is 4.89. The Bertz CT molecular complexity index is 781. The Kier molecular flexibility index (Phi) is 7.00. The fourth-order valence-electron chi connectivity index (χ4n) is 3.48. The van der Waals surface area contributed by atoms with Crippen molar-refractivity contribution in [1.82, 2.24) is 20.1 Å². The molecule has 0 aliphatic heterocycles. The van der Waals surface area contributed by atoms with Gasteiger partial charge in [0.25, 0.3) is 0 Å². The van der Waals surface area contributed by atoms with Gasteiger partial charge in [0, 0.05) is 11.7 Å². The zero-order valence-corrected chi connectivity index (χ0v) is 16.2. The van der Waals surface area contributed by atoms with Gasteiger partial charge in [0.15, 0.2) is 5.82 Å². The van der Waals surface area contributed by atoms with Crippen molar-refractivity contribution in [3.63, 3.8) is 0 Å². The highest BCUT2D eigenvalue weighted by Crippen LogP contribution is 2.28. The number of benzene rings is 1. The van der Waals surface area contributed by atoms with Crippen LogP contribution in [0.1, 0.15) is 56.5 Å². The van der Waals surface area contributed by atoms with Crippen molar-refractivity contribution in [3.8, 4) is 0 Å². The lowest BCUT2D eigenvalue weighted by atomic mass is 9.95. The van der Waals surface area contributed by atoms with E-state index in [9.17, 15) is 9.59 Å². The van der Waals surface area contributed by atoms with Gasteiger partial charge in [-0.1, -0.05) is 31.4 Å². The van der Waals surface area contributed by atoms with E-state index in [1.165, 1.54) is 19.3 Å². The SMILES string of the molecule is CCOC(=O)Cc1ccc(NC(=O)NCc2nncn2C2CCCCC2)cc1. The number of hydrogen-bond acceptors (Lipinski definition) is 5. The minimum absolute atomic E-state index is 0.219. The maximum absolute atomic E-state index is 12.2. The average molecular weight is 385 g/mol. The van der Waals surface area contributed by atoms with E-state index in [1.807, 2.05) is 0 Å². The molecule has 1 aliphatic rings. The summed E-state index contributed by atoms with van der Waals surface area (Å²) in [5.41, 5.74) is 1.49. The van der Waals surface area contributed by atoms with Crippen molar-refractivity contribution in [3.05, 3.63) is 42.0 Å². The van der Waals surface area contributed by atoms with E-state index in [1.54, 1.807) is 37.5 Å². The molecule has 8 nitrogen and oxygen atoms in total. The summed E-state index contributed by atoms with van der Waals surface area (Å²) in [6.07, 6.45) is 7.98. The van der Waals surface area contributed by atoms with Crippen LogP contribution in [0.25, 0.3) is 0 Å². The molecule has 2 aromatic rings. The molecule has 1 aromatic carbocycles. The molecular weight excluding hydrogens is 358 g/mol. The number of esters is 1. The highest BCUT2D eigenvalue weighted by atomic mass is 16.5. The number of nitrogens with one attached hydrogen (secondary N) is 2. The first-order valence-electron chi connectivity index (χ1n) is 9.83. The molecule has 0 bridgehead atoms. The first-order chi connectivity index (χ1) is 13.7. The minimum Gasteiger partial charge on any atom is -0.466 e. The normalized spacial score (nSPS) is 14.5. The fraction of sp³-hybridized carbons (Fsp3) is 0.500. The van der Waals surface area contributed by atoms with Gasteiger partial charge in [0.2, 0.25) is 0 Å². The topological polar surface area (TPSA) is 98.1 Å². The van der Waals surface area contributed by atoms with E-state index in [-0.39, 0.29) is 18.4 Å². The van der Waals surface area contributed by atoms with Crippen LogP contribution < -0.4 is 10.6 Å². The second-order valence-electron chi connectivity index (χ2n) is 6.93. The van der Waals surface area contributed by atoms with E-state index >= 15 is 0 Å². The molecule has 3 rings (SSSR count). The van der Waals surface area contributed by atoms with Crippen LogP contribution >= 0.6 is 0 Å². The fourth-order valence-corrected chi connectivity index (χ4v) is 3.48. The maximum atomic E-state index is 12.2. The summed E-state index contributed by atoms with van der Waals surface area (Å²) in [7, 11) is 0. The summed E-state index contributed by atoms with van der Waals surface area (Å²) in [5, 5.41) is 13.8. The molecule has 8 heteroatoms. The van der Waals surface area contributed by atoms with Gasteiger partial charge in [-0.25, -0.2) is 4.79 Å². The lowest BCUT2D eigenvalue weighted by molar-refractivity contribution is -0.142. The Hall–Kier alpha value is -2.90. The van der Waals surface area contributed by atoms with Gasteiger partial charge in [-0.05, 0) is 37.5 Å². The Morgan fingerprint density at radius 1 is 1.18 bits per heavy atom. The quantitative estimate of drug-likeness (QED) is 0.713. The smallest absolute Gasteiger partial charge is 0.319 e. The second-order valence-corrected chi connectivity index (χ2v) is 6.93. The summed E-state index contributed by atoms with van der Waals surface area (Å²) in [5.74, 6) is 0.509. The molecule has 1 aliphatic carbocycles. The van der Waals surface area contributed by atoms with Crippen LogP contribution in [0.3, 0.4) is 0 Å². The van der Waals surface area contributed by atoms with Crippen molar-refractivity contribution >= 4 is 17.7 Å². The van der Waals surface area contributed by atoms with Crippen LogP contribution in [0.2, 0.25) is 0 Å². The van der Waals surface area contributed by atoms with Crippen LogP contribution in [0.4, 0.5) is 10.5 Å². The molecule has 0 radical (unpaired) electrons. The first kappa shape index (κ1) is 19.9. The third kappa shape index (κ3) is 5.55. The Labute approximate surface area is 164 Å². The summed E-state index contributed by atoms with van der Waals surface area (Å²) < 4.78 is 7.02. The molecule has 1 aromatic heterocycles. The zero-order valence-electron chi connectivity index (χ0n) is 16.2. The monoisotopic (exact) mass is 385 g/mol. The van der Waals surface area contributed by atoms with Gasteiger partial charge in [0.05, 0.1) is 19.6 Å². The average Bonchev–Trinajstić information content (AvgIpc) is 3.17. The summed E-state index contributed by atoms with van der Waals surface area (Å²) in [6.45, 7) is 2.47. The first-order valence-corrected chi connectivity index (χ1v) is 9.83. The van der Waals surface area contributed by atoms with Crippen molar-refractivity contribution in [2.75, 3.05) is 11.9 Å². The number of amides is 2. The largest absolute Gasteiger partial charge is 0.466 e. The Balaban J connectivity index is 1.48. The molecular formula is C20H27N5O3. The lowest BCUT2D eigenvalue weighted by Gasteiger charge is -2.24. The van der Waals surface area contributed by atoms with E-state index in [0.29, 0.717) is 24.9 Å². The summed E-state index contributed by atoms with van der Waals surface area (Å²) in [4.78, 5) is 23.7. The highest BCUT2D eigenvalue weighted by molar-refractivity contribution is 5.89. The van der Waals surface area contributed by atoms with E-state index in [2.05, 4.69) is 25.4 Å². The summed E-state index contributed by atoms with van der Waals surface area (Å²) >= 11 is 0. The number of anilines is 1. The molecule has 0 spiro atoms. The molecule has 150 valence electrons. The Morgan fingerprint density at radius 3 is 2.64 bits per heavy atom. The Morgan fingerprint density at radius 2 is 1.93 bits per heavy atom. The minimum atomic E-state index is -0.309. The number of aromatic nitrogens is 3. The van der Waals surface area contributed by atoms with Crippen LogP contribution in [-0.4, -0.2) is 33.4 Å². The van der Waals surface area contributed by atoms with Gasteiger partial charge in [-0.3, -0.25) is 4.79 Å². The molecule has 1 saturated carbocycles. The number of nitrogens with zero attached hydrogens (tertiary/aromatic N) is 3. The molecule has 28 heavy (non-hydrogen) atoms. The van der Waals surface area contributed by atoms with Crippen molar-refractivity contribution in [1.29, 1.82) is 0 Å². The van der Waals surface area contributed by atoms with E-state index in [0.717, 1.165) is 24.2 Å². The van der Waals surface area contributed by atoms with E-state index in [4.69, 9.17) is 4.74 Å².